The second kappa shape index (κ2) is 10.1. The van der Waals surface area contributed by atoms with Crippen LogP contribution in [0, 0.1) is 0 Å². The van der Waals surface area contributed by atoms with Gasteiger partial charge in [0.25, 0.3) is 5.56 Å². The van der Waals surface area contributed by atoms with Crippen LogP contribution in [0.1, 0.15) is 50.8 Å². The fourth-order valence-corrected chi connectivity index (χ4v) is 4.14. The summed E-state index contributed by atoms with van der Waals surface area (Å²) in [6.07, 6.45) is 1.93. The molecule has 2 aromatic carbocycles. The zero-order valence-electron chi connectivity index (χ0n) is 20.5. The SMILES string of the molecule is CCOC(=O)C(C)n1cnc2c1c(=O)n(CCc1ccccc1)c(=O)n2-c1ccc(C(C)C)cc1. The van der Waals surface area contributed by atoms with Crippen LogP contribution in [-0.4, -0.2) is 31.3 Å². The van der Waals surface area contributed by atoms with E-state index in [0.717, 1.165) is 11.1 Å². The number of aromatic nitrogens is 4. The van der Waals surface area contributed by atoms with Gasteiger partial charge in [0.15, 0.2) is 11.2 Å². The Morgan fingerprint density at radius 1 is 1.00 bits per heavy atom. The second-order valence-corrected chi connectivity index (χ2v) is 8.81. The van der Waals surface area contributed by atoms with Gasteiger partial charge < -0.3 is 9.30 Å². The van der Waals surface area contributed by atoms with E-state index in [1.165, 1.54) is 20.0 Å². The molecule has 0 aliphatic carbocycles. The minimum Gasteiger partial charge on any atom is -0.464 e. The van der Waals surface area contributed by atoms with E-state index < -0.39 is 23.3 Å². The highest BCUT2D eigenvalue weighted by atomic mass is 16.5. The number of aryl methyl sites for hydroxylation is 1. The van der Waals surface area contributed by atoms with Crippen molar-refractivity contribution in [2.45, 2.75) is 52.6 Å². The molecular formula is C27H30N4O4. The van der Waals surface area contributed by atoms with Crippen LogP contribution in [0.15, 0.2) is 70.5 Å². The number of esters is 1. The topological polar surface area (TPSA) is 88.1 Å². The Morgan fingerprint density at radius 2 is 1.69 bits per heavy atom. The molecule has 0 spiro atoms. The molecule has 0 radical (unpaired) electrons. The Bertz CT molecular complexity index is 1450. The zero-order valence-corrected chi connectivity index (χ0v) is 20.5. The van der Waals surface area contributed by atoms with E-state index in [1.54, 1.807) is 13.8 Å². The van der Waals surface area contributed by atoms with Crippen LogP contribution in [0.2, 0.25) is 0 Å². The molecule has 1 unspecified atom stereocenters. The van der Waals surface area contributed by atoms with Gasteiger partial charge in [0, 0.05) is 6.54 Å². The lowest BCUT2D eigenvalue weighted by atomic mass is 10.0. The predicted octanol–water partition coefficient (Wildman–Crippen LogP) is 3.84. The quantitative estimate of drug-likeness (QED) is 0.362. The lowest BCUT2D eigenvalue weighted by molar-refractivity contribution is -0.146. The van der Waals surface area contributed by atoms with Crippen LogP contribution in [0.4, 0.5) is 0 Å². The predicted molar refractivity (Wildman–Crippen MR) is 135 cm³/mol. The summed E-state index contributed by atoms with van der Waals surface area (Å²) in [5.41, 5.74) is 2.20. The van der Waals surface area contributed by atoms with Crippen molar-refractivity contribution in [2.24, 2.45) is 0 Å². The van der Waals surface area contributed by atoms with Crippen molar-refractivity contribution in [1.82, 2.24) is 18.7 Å². The Morgan fingerprint density at radius 3 is 2.31 bits per heavy atom. The summed E-state index contributed by atoms with van der Waals surface area (Å²) >= 11 is 0. The van der Waals surface area contributed by atoms with Crippen molar-refractivity contribution >= 4 is 17.1 Å². The molecule has 35 heavy (non-hydrogen) atoms. The lowest BCUT2D eigenvalue weighted by Gasteiger charge is -2.16. The Labute approximate surface area is 203 Å². The van der Waals surface area contributed by atoms with Crippen molar-refractivity contribution in [3.63, 3.8) is 0 Å². The summed E-state index contributed by atoms with van der Waals surface area (Å²) in [7, 11) is 0. The molecule has 0 saturated carbocycles. The summed E-state index contributed by atoms with van der Waals surface area (Å²) in [5, 5.41) is 0. The number of carbonyl (C=O) groups excluding carboxylic acids is 1. The molecule has 0 amide bonds. The third kappa shape index (κ3) is 4.69. The van der Waals surface area contributed by atoms with E-state index in [-0.39, 0.29) is 24.3 Å². The number of rotatable bonds is 8. The van der Waals surface area contributed by atoms with Crippen molar-refractivity contribution in [2.75, 3.05) is 6.61 Å². The van der Waals surface area contributed by atoms with Crippen LogP contribution in [0.3, 0.4) is 0 Å². The number of fused-ring (bicyclic) bond motifs is 1. The molecule has 8 nitrogen and oxygen atoms in total. The summed E-state index contributed by atoms with van der Waals surface area (Å²) in [6.45, 7) is 8.00. The van der Waals surface area contributed by atoms with Crippen LogP contribution in [0.5, 0.6) is 0 Å². The molecule has 1 atom stereocenters. The molecule has 2 aromatic heterocycles. The van der Waals surface area contributed by atoms with Gasteiger partial charge in [-0.05, 0) is 49.4 Å². The summed E-state index contributed by atoms with van der Waals surface area (Å²) < 4.78 is 9.32. The molecule has 4 aromatic rings. The Balaban J connectivity index is 1.92. The number of benzene rings is 2. The van der Waals surface area contributed by atoms with Crippen LogP contribution in [0.25, 0.3) is 16.9 Å². The fourth-order valence-electron chi connectivity index (χ4n) is 4.14. The summed E-state index contributed by atoms with van der Waals surface area (Å²) in [5.74, 6) is -0.133. The van der Waals surface area contributed by atoms with Gasteiger partial charge in [-0.25, -0.2) is 19.1 Å². The number of carbonyl (C=O) groups is 1. The highest BCUT2D eigenvalue weighted by Crippen LogP contribution is 2.20. The van der Waals surface area contributed by atoms with Gasteiger partial charge in [-0.3, -0.25) is 9.36 Å². The molecule has 0 aliphatic heterocycles. The molecule has 0 bridgehead atoms. The number of hydrogen-bond donors (Lipinski definition) is 0. The first kappa shape index (κ1) is 24.2. The average molecular weight is 475 g/mol. The van der Waals surface area contributed by atoms with Crippen molar-refractivity contribution in [3.8, 4) is 5.69 Å². The van der Waals surface area contributed by atoms with Gasteiger partial charge in [-0.1, -0.05) is 56.3 Å². The molecule has 0 fully saturated rings. The van der Waals surface area contributed by atoms with Gasteiger partial charge in [0.05, 0.1) is 18.6 Å². The van der Waals surface area contributed by atoms with E-state index >= 15 is 0 Å². The molecule has 8 heteroatoms. The summed E-state index contributed by atoms with van der Waals surface area (Å²) in [6, 6.07) is 16.6. The lowest BCUT2D eigenvalue weighted by Crippen LogP contribution is -2.41. The number of hydrogen-bond acceptors (Lipinski definition) is 5. The van der Waals surface area contributed by atoms with E-state index in [4.69, 9.17) is 4.74 Å². The first-order valence-electron chi connectivity index (χ1n) is 11.9. The fraction of sp³-hybridized carbons (Fsp3) is 0.333. The third-order valence-corrected chi connectivity index (χ3v) is 6.19. The van der Waals surface area contributed by atoms with Crippen molar-refractivity contribution in [3.05, 3.63) is 92.9 Å². The molecule has 0 aliphatic rings. The van der Waals surface area contributed by atoms with Crippen LogP contribution < -0.4 is 11.2 Å². The minimum absolute atomic E-state index is 0.186. The maximum absolute atomic E-state index is 13.6. The Hall–Kier alpha value is -3.94. The number of nitrogens with zero attached hydrogens (tertiary/aromatic N) is 4. The van der Waals surface area contributed by atoms with Gasteiger partial charge in [-0.15, -0.1) is 0 Å². The highest BCUT2D eigenvalue weighted by Gasteiger charge is 2.24. The summed E-state index contributed by atoms with van der Waals surface area (Å²) in [4.78, 5) is 44.1. The van der Waals surface area contributed by atoms with E-state index in [9.17, 15) is 14.4 Å². The van der Waals surface area contributed by atoms with Crippen molar-refractivity contribution in [1.29, 1.82) is 0 Å². The van der Waals surface area contributed by atoms with Gasteiger partial charge in [0.1, 0.15) is 6.04 Å². The maximum atomic E-state index is 13.6. The van der Waals surface area contributed by atoms with Gasteiger partial charge in [-0.2, -0.15) is 0 Å². The smallest absolute Gasteiger partial charge is 0.337 e. The van der Waals surface area contributed by atoms with Gasteiger partial charge >= 0.3 is 11.7 Å². The van der Waals surface area contributed by atoms with Gasteiger partial charge in [0.2, 0.25) is 0 Å². The van der Waals surface area contributed by atoms with Crippen LogP contribution >= 0.6 is 0 Å². The molecular weight excluding hydrogens is 444 g/mol. The molecule has 0 saturated heterocycles. The standard InChI is InChI=1S/C27H30N4O4/c1-5-35-26(33)19(4)30-17-28-24-23(30)25(32)29(16-15-20-9-7-6-8-10-20)27(34)31(24)22-13-11-21(12-14-22)18(2)3/h6-14,17-19H,5,15-16H2,1-4H3. The Kier molecular flexibility index (Phi) is 7.00. The normalized spacial score (nSPS) is 12.3. The molecule has 2 heterocycles. The largest absolute Gasteiger partial charge is 0.464 e. The zero-order chi connectivity index (χ0) is 25.1. The average Bonchev–Trinajstić information content (AvgIpc) is 3.29. The second-order valence-electron chi connectivity index (χ2n) is 8.81. The number of imidazole rings is 1. The monoisotopic (exact) mass is 474 g/mol. The highest BCUT2D eigenvalue weighted by molar-refractivity contribution is 5.79. The van der Waals surface area contributed by atoms with E-state index in [0.29, 0.717) is 18.0 Å². The molecule has 0 N–H and O–H groups in total. The first-order valence-corrected chi connectivity index (χ1v) is 11.9. The minimum atomic E-state index is -0.774. The maximum Gasteiger partial charge on any atom is 0.337 e. The first-order chi connectivity index (χ1) is 16.8. The van der Waals surface area contributed by atoms with Crippen LogP contribution in [-0.2, 0) is 22.5 Å². The number of ether oxygens (including phenoxy) is 1. The molecule has 4 rings (SSSR count). The van der Waals surface area contributed by atoms with E-state index in [1.807, 2.05) is 54.6 Å². The van der Waals surface area contributed by atoms with E-state index in [2.05, 4.69) is 18.8 Å². The molecule has 182 valence electrons. The van der Waals surface area contributed by atoms with Crippen molar-refractivity contribution < 1.29 is 9.53 Å². The third-order valence-electron chi connectivity index (χ3n) is 6.19.